The lowest BCUT2D eigenvalue weighted by Crippen LogP contribution is -2.45. The number of piperidine rings is 1. The minimum atomic E-state index is -0.744. The number of pyridine rings is 2. The van der Waals surface area contributed by atoms with E-state index in [0.29, 0.717) is 58.2 Å². The number of halogens is 2. The van der Waals surface area contributed by atoms with Crippen LogP contribution in [0, 0.1) is 0 Å². The van der Waals surface area contributed by atoms with E-state index in [9.17, 15) is 4.79 Å². The monoisotopic (exact) mass is 772 g/mol. The summed E-state index contributed by atoms with van der Waals surface area (Å²) in [5.41, 5.74) is 5.71. The van der Waals surface area contributed by atoms with E-state index in [0.717, 1.165) is 52.2 Å². The maximum Gasteiger partial charge on any atom is 0.410 e. The van der Waals surface area contributed by atoms with Gasteiger partial charge in [0.1, 0.15) is 39.9 Å². The van der Waals surface area contributed by atoms with Gasteiger partial charge in [-0.3, -0.25) is 0 Å². The van der Waals surface area contributed by atoms with Crippen molar-refractivity contribution >= 4 is 46.3 Å². The van der Waals surface area contributed by atoms with Gasteiger partial charge >= 0.3 is 6.09 Å². The highest BCUT2D eigenvalue weighted by Crippen LogP contribution is 2.39. The molecule has 0 saturated carbocycles. The van der Waals surface area contributed by atoms with Crippen LogP contribution < -0.4 is 24.3 Å². The van der Waals surface area contributed by atoms with Crippen molar-refractivity contribution in [3.8, 4) is 45.5 Å². The van der Waals surface area contributed by atoms with Gasteiger partial charge in [-0.1, -0.05) is 23.2 Å². The Hall–Kier alpha value is -5.33. The zero-order valence-corrected chi connectivity index (χ0v) is 32.5. The number of nitrogens with zero attached hydrogens (tertiary/aromatic N) is 5. The third-order valence-corrected chi connectivity index (χ3v) is 10.2. The smallest absolute Gasteiger partial charge is 0.410 e. The second kappa shape index (κ2) is 15.2. The molecule has 0 aliphatic carbocycles. The Labute approximate surface area is 323 Å². The SMILES string of the molecule is COc1cc(OC)c(-c2cn3ccc(CC(C)(C)OC(=O)N4CCC(Nc5ccn6cc(-c7cc(Cl)c(OC)cc7OC)nc6c5)CC4)cc3n2)cc1Cl. The summed E-state index contributed by atoms with van der Waals surface area (Å²) in [5, 5.41) is 4.58. The quantitative estimate of drug-likeness (QED) is 0.138. The van der Waals surface area contributed by atoms with E-state index in [4.69, 9.17) is 56.9 Å². The number of ether oxygens (including phenoxy) is 5. The van der Waals surface area contributed by atoms with Crippen LogP contribution in [0.3, 0.4) is 0 Å². The number of imidazole rings is 2. The first kappa shape index (κ1) is 37.0. The van der Waals surface area contributed by atoms with Crippen LogP contribution in [0.25, 0.3) is 33.8 Å². The average Bonchev–Trinajstić information content (AvgIpc) is 3.78. The number of carbonyl (C=O) groups excluding carboxylic acids is 1. The number of hydrogen-bond donors (Lipinski definition) is 1. The summed E-state index contributed by atoms with van der Waals surface area (Å²) in [6, 6.07) is 15.3. The number of anilines is 1. The van der Waals surface area contributed by atoms with Crippen molar-refractivity contribution in [3.05, 3.63) is 88.9 Å². The van der Waals surface area contributed by atoms with Crippen molar-refractivity contribution in [3.63, 3.8) is 0 Å². The summed E-state index contributed by atoms with van der Waals surface area (Å²) >= 11 is 12.8. The Kier molecular flexibility index (Phi) is 10.4. The Balaban J connectivity index is 0.950. The molecule has 1 fully saturated rings. The summed E-state index contributed by atoms with van der Waals surface area (Å²) in [5.74, 6) is 2.29. The molecule has 0 atom stereocenters. The van der Waals surface area contributed by atoms with Gasteiger partial charge in [-0.15, -0.1) is 0 Å². The molecule has 1 aliphatic heterocycles. The molecule has 4 aromatic heterocycles. The second-order valence-electron chi connectivity index (χ2n) is 13.8. The zero-order valence-electron chi connectivity index (χ0n) is 31.0. The Morgan fingerprint density at radius 3 is 1.81 bits per heavy atom. The van der Waals surface area contributed by atoms with Gasteiger partial charge in [-0.25, -0.2) is 14.8 Å². The van der Waals surface area contributed by atoms with E-state index in [1.807, 2.05) is 71.7 Å². The highest BCUT2D eigenvalue weighted by Gasteiger charge is 2.30. The number of nitrogens with one attached hydrogen (secondary N) is 1. The van der Waals surface area contributed by atoms with Gasteiger partial charge < -0.3 is 42.7 Å². The Morgan fingerprint density at radius 2 is 1.28 bits per heavy atom. The number of hydrogen-bond acceptors (Lipinski definition) is 9. The summed E-state index contributed by atoms with van der Waals surface area (Å²) in [6.45, 7) is 5.03. The van der Waals surface area contributed by atoms with Crippen LogP contribution in [0.5, 0.6) is 23.0 Å². The van der Waals surface area contributed by atoms with Gasteiger partial charge in [0.05, 0.1) is 49.9 Å². The third-order valence-electron chi connectivity index (χ3n) is 9.60. The molecule has 54 heavy (non-hydrogen) atoms. The Bertz CT molecular complexity index is 2330. The predicted octanol–water partition coefficient (Wildman–Crippen LogP) is 8.69. The highest BCUT2D eigenvalue weighted by molar-refractivity contribution is 6.32. The van der Waals surface area contributed by atoms with Gasteiger partial charge in [-0.2, -0.15) is 0 Å². The molecule has 0 spiro atoms. The summed E-state index contributed by atoms with van der Waals surface area (Å²) in [6.07, 6.45) is 9.55. The van der Waals surface area contributed by atoms with Crippen molar-refractivity contribution in [1.29, 1.82) is 0 Å². The molecular formula is C40H42Cl2N6O6. The van der Waals surface area contributed by atoms with Gasteiger partial charge in [0.2, 0.25) is 0 Å². The largest absolute Gasteiger partial charge is 0.496 e. The van der Waals surface area contributed by atoms with Crippen LogP contribution in [-0.2, 0) is 11.2 Å². The molecule has 5 heterocycles. The minimum Gasteiger partial charge on any atom is -0.496 e. The average molecular weight is 774 g/mol. The van der Waals surface area contributed by atoms with Gasteiger partial charge in [0, 0.05) is 85.4 Å². The molecule has 0 unspecified atom stereocenters. The van der Waals surface area contributed by atoms with Gasteiger partial charge in [-0.05, 0) is 62.6 Å². The van der Waals surface area contributed by atoms with Crippen LogP contribution in [0.4, 0.5) is 10.5 Å². The lowest BCUT2D eigenvalue weighted by Gasteiger charge is -2.35. The first-order chi connectivity index (χ1) is 26.0. The van der Waals surface area contributed by atoms with E-state index in [1.165, 1.54) is 0 Å². The topological polar surface area (TPSA) is 113 Å². The fraction of sp³-hybridized carbons (Fsp3) is 0.325. The van der Waals surface area contributed by atoms with Crippen LogP contribution in [0.2, 0.25) is 10.0 Å². The van der Waals surface area contributed by atoms with Crippen molar-refractivity contribution in [1.82, 2.24) is 23.7 Å². The zero-order chi connectivity index (χ0) is 38.1. The minimum absolute atomic E-state index is 0.194. The van der Waals surface area contributed by atoms with E-state index >= 15 is 0 Å². The predicted molar refractivity (Wildman–Crippen MR) is 210 cm³/mol. The number of carbonyl (C=O) groups is 1. The lowest BCUT2D eigenvalue weighted by atomic mass is 9.99. The molecule has 0 radical (unpaired) electrons. The number of methoxy groups -OCH3 is 4. The second-order valence-corrected chi connectivity index (χ2v) is 14.6. The van der Waals surface area contributed by atoms with Gasteiger partial charge in [0.15, 0.2) is 0 Å². The van der Waals surface area contributed by atoms with Crippen LogP contribution in [0.15, 0.2) is 73.3 Å². The molecule has 6 aromatic rings. The summed E-state index contributed by atoms with van der Waals surface area (Å²) < 4.78 is 31.8. The maximum absolute atomic E-state index is 13.3. The molecule has 282 valence electrons. The number of benzene rings is 2. The lowest BCUT2D eigenvalue weighted by molar-refractivity contribution is 0.0104. The van der Waals surface area contributed by atoms with Crippen LogP contribution in [0.1, 0.15) is 32.3 Å². The van der Waals surface area contributed by atoms with Crippen molar-refractivity contribution in [2.24, 2.45) is 0 Å². The highest BCUT2D eigenvalue weighted by atomic mass is 35.5. The molecule has 0 bridgehead atoms. The standard InChI is InChI=1S/C40H42Cl2N6O6/c1-40(2,21-24-7-11-47-22-31(44-37(47)15-24)27-17-29(41)35(52-5)19-33(27)50-3)54-39(49)46-12-8-25(9-13-46)43-26-10-14-48-23-32(45-38(48)16-26)28-18-30(42)36(53-6)20-34(28)51-4/h7,10-11,14-20,22-23,25,43H,8-9,12-13,21H2,1-6H3. The van der Waals surface area contributed by atoms with Crippen molar-refractivity contribution in [2.75, 3.05) is 46.8 Å². The molecule has 1 aliphatic rings. The molecule has 1 amide bonds. The molecule has 14 heteroatoms. The number of amides is 1. The van der Waals surface area contributed by atoms with E-state index in [2.05, 4.69) is 5.32 Å². The summed E-state index contributed by atoms with van der Waals surface area (Å²) in [7, 11) is 6.34. The number of rotatable bonds is 11. The van der Waals surface area contributed by atoms with Gasteiger partial charge in [0.25, 0.3) is 0 Å². The van der Waals surface area contributed by atoms with E-state index in [1.54, 1.807) is 57.6 Å². The van der Waals surface area contributed by atoms with Crippen LogP contribution >= 0.6 is 23.2 Å². The fourth-order valence-corrected chi connectivity index (χ4v) is 7.34. The third kappa shape index (κ3) is 7.67. The molecule has 1 N–H and O–H groups in total. The number of likely N-dealkylation sites (tertiary alicyclic amines) is 1. The number of aromatic nitrogens is 4. The fourth-order valence-electron chi connectivity index (χ4n) is 6.86. The first-order valence-corrected chi connectivity index (χ1v) is 18.3. The maximum atomic E-state index is 13.3. The normalized spacial score (nSPS) is 13.7. The first-order valence-electron chi connectivity index (χ1n) is 17.5. The molecule has 2 aromatic carbocycles. The van der Waals surface area contributed by atoms with E-state index in [-0.39, 0.29) is 12.1 Å². The van der Waals surface area contributed by atoms with Crippen molar-refractivity contribution < 1.29 is 28.5 Å². The van der Waals surface area contributed by atoms with Crippen LogP contribution in [-0.4, -0.2) is 82.9 Å². The molecule has 7 rings (SSSR count). The molecular weight excluding hydrogens is 731 g/mol. The number of fused-ring (bicyclic) bond motifs is 2. The molecule has 12 nitrogen and oxygen atoms in total. The Morgan fingerprint density at radius 1 is 0.759 bits per heavy atom. The van der Waals surface area contributed by atoms with Crippen molar-refractivity contribution in [2.45, 2.75) is 44.8 Å². The summed E-state index contributed by atoms with van der Waals surface area (Å²) in [4.78, 5) is 24.8. The molecule has 1 saturated heterocycles. The van der Waals surface area contributed by atoms with E-state index < -0.39 is 5.60 Å².